The molecule has 0 bridgehead atoms. The second-order valence-electron chi connectivity index (χ2n) is 4.16. The zero-order valence-corrected chi connectivity index (χ0v) is 9.78. The Morgan fingerprint density at radius 2 is 2.44 bits per heavy atom. The molecule has 2 heterocycles. The summed E-state index contributed by atoms with van der Waals surface area (Å²) in [6, 6.07) is 0.742. The van der Waals surface area contributed by atoms with Crippen LogP contribution in [0.15, 0.2) is 24.2 Å². The van der Waals surface area contributed by atoms with Gasteiger partial charge in [-0.05, 0) is 12.8 Å². The van der Waals surface area contributed by atoms with Crippen molar-refractivity contribution in [2.45, 2.75) is 32.0 Å². The Morgan fingerprint density at radius 3 is 3.19 bits per heavy atom. The van der Waals surface area contributed by atoms with Gasteiger partial charge in [0.25, 0.3) is 0 Å². The SMILES string of the molecule is c1ncc(Cn2cnc(CNC3CC3)c2)s1. The molecule has 84 valence electrons. The van der Waals surface area contributed by atoms with Crippen molar-refractivity contribution in [3.63, 3.8) is 0 Å². The lowest BCUT2D eigenvalue weighted by Crippen LogP contribution is -2.15. The van der Waals surface area contributed by atoms with Crippen LogP contribution in [0.25, 0.3) is 0 Å². The van der Waals surface area contributed by atoms with Gasteiger partial charge in [-0.15, -0.1) is 11.3 Å². The van der Waals surface area contributed by atoms with E-state index in [9.17, 15) is 0 Å². The average molecular weight is 234 g/mol. The van der Waals surface area contributed by atoms with Gasteiger partial charge in [0, 0.05) is 29.9 Å². The standard InChI is InChI=1S/C11H14N4S/c1-2-9(1)13-3-10-5-15(7-14-10)6-11-4-12-8-16-11/h4-5,7-9,13H,1-3,6H2. The molecule has 5 heteroatoms. The third kappa shape index (κ3) is 2.48. The molecule has 1 fully saturated rings. The lowest BCUT2D eigenvalue weighted by Gasteiger charge is -1.98. The fraction of sp³-hybridized carbons (Fsp3) is 0.455. The normalized spacial score (nSPS) is 15.5. The van der Waals surface area contributed by atoms with E-state index in [4.69, 9.17) is 0 Å². The number of hydrogen-bond acceptors (Lipinski definition) is 4. The van der Waals surface area contributed by atoms with Gasteiger partial charge in [0.05, 0.1) is 24.1 Å². The number of aromatic nitrogens is 3. The number of rotatable bonds is 5. The largest absolute Gasteiger partial charge is 0.332 e. The van der Waals surface area contributed by atoms with E-state index in [1.165, 1.54) is 17.7 Å². The highest BCUT2D eigenvalue weighted by molar-refractivity contribution is 7.09. The first kappa shape index (κ1) is 9.99. The van der Waals surface area contributed by atoms with E-state index in [0.717, 1.165) is 24.8 Å². The predicted octanol–water partition coefficient (Wildman–Crippen LogP) is 1.64. The van der Waals surface area contributed by atoms with Gasteiger partial charge in [0.15, 0.2) is 0 Å². The summed E-state index contributed by atoms with van der Waals surface area (Å²) in [7, 11) is 0. The van der Waals surface area contributed by atoms with Crippen LogP contribution in [0.1, 0.15) is 23.4 Å². The molecule has 0 aliphatic heterocycles. The molecule has 1 saturated carbocycles. The van der Waals surface area contributed by atoms with Crippen molar-refractivity contribution < 1.29 is 0 Å². The fourth-order valence-corrected chi connectivity index (χ4v) is 2.22. The topological polar surface area (TPSA) is 42.7 Å². The van der Waals surface area contributed by atoms with Crippen LogP contribution in [0.2, 0.25) is 0 Å². The van der Waals surface area contributed by atoms with Crippen molar-refractivity contribution >= 4 is 11.3 Å². The Morgan fingerprint density at radius 1 is 1.50 bits per heavy atom. The van der Waals surface area contributed by atoms with Crippen molar-refractivity contribution in [1.29, 1.82) is 0 Å². The van der Waals surface area contributed by atoms with E-state index >= 15 is 0 Å². The molecule has 0 atom stereocenters. The monoisotopic (exact) mass is 234 g/mol. The summed E-state index contributed by atoms with van der Waals surface area (Å²) in [5, 5.41) is 3.46. The number of imidazole rings is 1. The minimum absolute atomic E-state index is 0.742. The van der Waals surface area contributed by atoms with Crippen molar-refractivity contribution in [1.82, 2.24) is 19.9 Å². The van der Waals surface area contributed by atoms with Gasteiger partial charge in [-0.25, -0.2) is 4.98 Å². The lowest BCUT2D eigenvalue weighted by molar-refractivity contribution is 0.676. The van der Waals surface area contributed by atoms with Crippen molar-refractivity contribution in [2.24, 2.45) is 0 Å². The molecular weight excluding hydrogens is 220 g/mol. The van der Waals surface area contributed by atoms with Gasteiger partial charge in [0.2, 0.25) is 0 Å². The van der Waals surface area contributed by atoms with Crippen molar-refractivity contribution in [3.05, 3.63) is 34.8 Å². The molecule has 4 nitrogen and oxygen atoms in total. The van der Waals surface area contributed by atoms with Gasteiger partial charge in [-0.1, -0.05) is 0 Å². The highest BCUT2D eigenvalue weighted by Gasteiger charge is 2.20. The summed E-state index contributed by atoms with van der Waals surface area (Å²) < 4.78 is 2.11. The summed E-state index contributed by atoms with van der Waals surface area (Å²) in [5.41, 5.74) is 2.98. The number of hydrogen-bond donors (Lipinski definition) is 1. The summed E-state index contributed by atoms with van der Waals surface area (Å²) in [4.78, 5) is 9.71. The van der Waals surface area contributed by atoms with E-state index in [-0.39, 0.29) is 0 Å². The Bertz CT molecular complexity index is 444. The maximum Gasteiger partial charge on any atom is 0.0953 e. The predicted molar refractivity (Wildman–Crippen MR) is 63.3 cm³/mol. The van der Waals surface area contributed by atoms with Crippen LogP contribution in [0, 0.1) is 0 Å². The molecule has 1 aliphatic carbocycles. The van der Waals surface area contributed by atoms with Gasteiger partial charge < -0.3 is 9.88 Å². The Hall–Kier alpha value is -1.20. The zero-order chi connectivity index (χ0) is 10.8. The van der Waals surface area contributed by atoms with E-state index in [2.05, 4.69) is 26.0 Å². The molecule has 0 amide bonds. The molecule has 0 radical (unpaired) electrons. The van der Waals surface area contributed by atoms with E-state index in [0.29, 0.717) is 0 Å². The van der Waals surface area contributed by atoms with E-state index in [1.807, 2.05) is 18.0 Å². The van der Waals surface area contributed by atoms with Crippen LogP contribution in [-0.2, 0) is 13.1 Å². The van der Waals surface area contributed by atoms with Crippen LogP contribution in [0.5, 0.6) is 0 Å². The Kier molecular flexibility index (Phi) is 2.71. The zero-order valence-electron chi connectivity index (χ0n) is 8.97. The van der Waals surface area contributed by atoms with E-state index < -0.39 is 0 Å². The molecule has 3 rings (SSSR count). The highest BCUT2D eigenvalue weighted by atomic mass is 32.1. The maximum atomic E-state index is 4.38. The van der Waals surface area contributed by atoms with Gasteiger partial charge in [-0.2, -0.15) is 0 Å². The summed E-state index contributed by atoms with van der Waals surface area (Å²) in [6.07, 6.45) is 8.55. The smallest absolute Gasteiger partial charge is 0.0953 e. The molecule has 0 aromatic carbocycles. The first-order valence-corrected chi connectivity index (χ1v) is 6.39. The third-order valence-corrected chi connectivity index (χ3v) is 3.42. The third-order valence-electron chi connectivity index (χ3n) is 2.66. The van der Waals surface area contributed by atoms with Crippen molar-refractivity contribution in [3.8, 4) is 0 Å². The number of thiazole rings is 1. The summed E-state index contributed by atoms with van der Waals surface area (Å²) >= 11 is 1.68. The van der Waals surface area contributed by atoms with Crippen LogP contribution in [0.3, 0.4) is 0 Å². The Balaban J connectivity index is 1.58. The molecule has 2 aromatic heterocycles. The van der Waals surface area contributed by atoms with Crippen molar-refractivity contribution in [2.75, 3.05) is 0 Å². The fourth-order valence-electron chi connectivity index (χ4n) is 1.62. The molecular formula is C11H14N4S. The number of nitrogens with one attached hydrogen (secondary N) is 1. The lowest BCUT2D eigenvalue weighted by atomic mass is 10.4. The second kappa shape index (κ2) is 4.35. The van der Waals surface area contributed by atoms with Gasteiger partial charge in [-0.3, -0.25) is 4.98 Å². The first-order valence-electron chi connectivity index (χ1n) is 5.51. The van der Waals surface area contributed by atoms with Crippen LogP contribution in [-0.4, -0.2) is 20.6 Å². The molecule has 0 saturated heterocycles. The Labute approximate surface area is 98.4 Å². The molecule has 16 heavy (non-hydrogen) atoms. The van der Waals surface area contributed by atoms with Crippen LogP contribution < -0.4 is 5.32 Å². The van der Waals surface area contributed by atoms with E-state index in [1.54, 1.807) is 11.3 Å². The molecule has 1 N–H and O–H groups in total. The second-order valence-corrected chi connectivity index (χ2v) is 5.13. The van der Waals surface area contributed by atoms with Crippen LogP contribution in [0.4, 0.5) is 0 Å². The van der Waals surface area contributed by atoms with Gasteiger partial charge >= 0.3 is 0 Å². The molecule has 0 unspecified atom stereocenters. The minimum Gasteiger partial charge on any atom is -0.332 e. The summed E-state index contributed by atoms with van der Waals surface area (Å²) in [5.74, 6) is 0. The quantitative estimate of drug-likeness (QED) is 0.855. The number of nitrogens with zero attached hydrogens (tertiary/aromatic N) is 3. The highest BCUT2D eigenvalue weighted by Crippen LogP contribution is 2.19. The molecule has 2 aromatic rings. The minimum atomic E-state index is 0.742. The maximum absolute atomic E-state index is 4.38. The molecule has 1 aliphatic rings. The first-order chi connectivity index (χ1) is 7.90. The molecule has 0 spiro atoms. The summed E-state index contributed by atoms with van der Waals surface area (Å²) in [6.45, 7) is 1.77. The van der Waals surface area contributed by atoms with Gasteiger partial charge in [0.1, 0.15) is 0 Å². The van der Waals surface area contributed by atoms with Crippen LogP contribution >= 0.6 is 11.3 Å². The average Bonchev–Trinajstić information content (AvgIpc) is 2.78.